The number of rotatable bonds is 4. The standard InChI is InChI=1S/C28H24FN5O2/c1-17-12-13-23-24(14-17)33(16-18-6-4-9-20(29)15-18)28(36)26-31-25(32-34(23)26)27(35)30-22-11-5-8-19-7-2-3-10-21(19)22/h2-4,6-7,9-10,12-15,22H,5,8,11,16H2,1H3,(H,30,35). The number of carbonyl (C=O) groups is 1. The summed E-state index contributed by atoms with van der Waals surface area (Å²) in [5.41, 5.74) is 4.89. The van der Waals surface area contributed by atoms with Crippen molar-refractivity contribution in [3.63, 3.8) is 0 Å². The van der Waals surface area contributed by atoms with E-state index in [4.69, 9.17) is 0 Å². The fraction of sp³-hybridized carbons (Fsp3) is 0.214. The molecule has 1 N–H and O–H groups in total. The van der Waals surface area contributed by atoms with E-state index in [0.29, 0.717) is 16.6 Å². The van der Waals surface area contributed by atoms with Crippen LogP contribution in [-0.2, 0) is 13.0 Å². The zero-order valence-corrected chi connectivity index (χ0v) is 19.7. The Morgan fingerprint density at radius 1 is 1.08 bits per heavy atom. The summed E-state index contributed by atoms with van der Waals surface area (Å²) in [4.78, 5) is 31.1. The summed E-state index contributed by atoms with van der Waals surface area (Å²) in [6.07, 6.45) is 2.81. The maximum absolute atomic E-state index is 13.8. The van der Waals surface area contributed by atoms with Gasteiger partial charge in [0.05, 0.1) is 23.6 Å². The van der Waals surface area contributed by atoms with Crippen LogP contribution in [0.2, 0.25) is 0 Å². The van der Waals surface area contributed by atoms with Crippen molar-refractivity contribution in [2.75, 3.05) is 0 Å². The van der Waals surface area contributed by atoms with Crippen LogP contribution in [0.25, 0.3) is 16.7 Å². The number of amides is 1. The van der Waals surface area contributed by atoms with E-state index < -0.39 is 11.5 Å². The van der Waals surface area contributed by atoms with E-state index in [-0.39, 0.29) is 29.9 Å². The molecule has 1 atom stereocenters. The lowest BCUT2D eigenvalue weighted by molar-refractivity contribution is 0.0922. The third-order valence-electron chi connectivity index (χ3n) is 6.80. The minimum Gasteiger partial charge on any atom is -0.342 e. The first-order chi connectivity index (χ1) is 17.5. The van der Waals surface area contributed by atoms with Crippen molar-refractivity contribution in [3.8, 4) is 0 Å². The van der Waals surface area contributed by atoms with Crippen LogP contribution >= 0.6 is 0 Å². The number of benzene rings is 3. The molecule has 180 valence electrons. The molecule has 2 heterocycles. The van der Waals surface area contributed by atoms with Gasteiger partial charge in [-0.3, -0.25) is 14.2 Å². The highest BCUT2D eigenvalue weighted by molar-refractivity contribution is 5.91. The highest BCUT2D eigenvalue weighted by Gasteiger charge is 2.25. The summed E-state index contributed by atoms with van der Waals surface area (Å²) in [7, 11) is 0. The molecular formula is C28H24FN5O2. The van der Waals surface area contributed by atoms with Crippen molar-refractivity contribution < 1.29 is 9.18 Å². The summed E-state index contributed by atoms with van der Waals surface area (Å²) < 4.78 is 16.8. The molecule has 2 aromatic heterocycles. The molecule has 7 nitrogen and oxygen atoms in total. The number of fused-ring (bicyclic) bond motifs is 4. The Morgan fingerprint density at radius 2 is 1.94 bits per heavy atom. The smallest absolute Gasteiger partial charge is 0.296 e. The van der Waals surface area contributed by atoms with Gasteiger partial charge in [0.25, 0.3) is 11.5 Å². The molecule has 0 saturated carbocycles. The van der Waals surface area contributed by atoms with E-state index in [1.54, 1.807) is 16.7 Å². The first-order valence-electron chi connectivity index (χ1n) is 12.0. The molecule has 36 heavy (non-hydrogen) atoms. The molecule has 0 aliphatic heterocycles. The Bertz CT molecular complexity index is 1700. The van der Waals surface area contributed by atoms with Crippen molar-refractivity contribution in [2.45, 2.75) is 38.8 Å². The summed E-state index contributed by atoms with van der Waals surface area (Å²) in [6, 6.07) is 19.8. The van der Waals surface area contributed by atoms with Gasteiger partial charge in [0.15, 0.2) is 0 Å². The van der Waals surface area contributed by atoms with Crippen LogP contribution in [0.5, 0.6) is 0 Å². The Kier molecular flexibility index (Phi) is 5.36. The van der Waals surface area contributed by atoms with Crippen LogP contribution < -0.4 is 10.9 Å². The van der Waals surface area contributed by atoms with Crippen molar-refractivity contribution >= 4 is 22.6 Å². The highest BCUT2D eigenvalue weighted by Crippen LogP contribution is 2.29. The summed E-state index contributed by atoms with van der Waals surface area (Å²) >= 11 is 0. The second-order valence-corrected chi connectivity index (χ2v) is 9.30. The molecule has 5 aromatic rings. The van der Waals surface area contributed by atoms with Crippen LogP contribution in [0, 0.1) is 12.7 Å². The van der Waals surface area contributed by atoms with Crippen LogP contribution in [0.1, 0.15) is 51.8 Å². The maximum Gasteiger partial charge on any atom is 0.296 e. The van der Waals surface area contributed by atoms with Crippen LogP contribution in [0.15, 0.2) is 71.5 Å². The monoisotopic (exact) mass is 481 g/mol. The van der Waals surface area contributed by atoms with Crippen LogP contribution in [0.3, 0.4) is 0 Å². The van der Waals surface area contributed by atoms with Gasteiger partial charge in [0.2, 0.25) is 11.5 Å². The van der Waals surface area contributed by atoms with E-state index in [9.17, 15) is 14.0 Å². The van der Waals surface area contributed by atoms with Gasteiger partial charge in [0.1, 0.15) is 5.82 Å². The number of aryl methyl sites for hydroxylation is 2. The number of nitrogens with one attached hydrogen (secondary N) is 1. The maximum atomic E-state index is 13.8. The Morgan fingerprint density at radius 3 is 2.81 bits per heavy atom. The van der Waals surface area contributed by atoms with Crippen molar-refractivity contribution in [1.82, 2.24) is 24.5 Å². The van der Waals surface area contributed by atoms with Gasteiger partial charge in [-0.1, -0.05) is 42.5 Å². The largest absolute Gasteiger partial charge is 0.342 e. The van der Waals surface area contributed by atoms with E-state index >= 15 is 0 Å². The molecule has 1 unspecified atom stereocenters. The normalized spacial score (nSPS) is 15.2. The first kappa shape index (κ1) is 22.2. The highest BCUT2D eigenvalue weighted by atomic mass is 19.1. The lowest BCUT2D eigenvalue weighted by Crippen LogP contribution is -2.31. The number of hydrogen-bond acceptors (Lipinski definition) is 4. The van der Waals surface area contributed by atoms with Crippen molar-refractivity contribution in [2.24, 2.45) is 0 Å². The Labute approximate surface area is 206 Å². The average molecular weight is 482 g/mol. The molecule has 1 aliphatic rings. The van der Waals surface area contributed by atoms with Gasteiger partial charge in [-0.05, 0) is 72.7 Å². The SMILES string of the molecule is Cc1ccc2c(c1)n(Cc1cccc(F)c1)c(=O)c1nc(C(=O)NC3CCCc4ccccc43)nn12. The van der Waals surface area contributed by atoms with Crippen molar-refractivity contribution in [3.05, 3.63) is 111 Å². The van der Waals surface area contributed by atoms with Gasteiger partial charge in [-0.15, -0.1) is 5.10 Å². The Hall–Kier alpha value is -4.33. The minimum atomic E-state index is -0.420. The zero-order valence-electron chi connectivity index (χ0n) is 19.7. The fourth-order valence-corrected chi connectivity index (χ4v) is 5.08. The van der Waals surface area contributed by atoms with E-state index in [1.807, 2.05) is 43.3 Å². The van der Waals surface area contributed by atoms with Crippen molar-refractivity contribution in [1.29, 1.82) is 0 Å². The molecule has 6 rings (SSSR count). The zero-order chi connectivity index (χ0) is 24.8. The molecule has 1 aliphatic carbocycles. The molecular weight excluding hydrogens is 457 g/mol. The van der Waals surface area contributed by atoms with E-state index in [1.165, 1.54) is 22.2 Å². The minimum absolute atomic E-state index is 0.0527. The molecule has 3 aromatic carbocycles. The number of aromatic nitrogens is 4. The fourth-order valence-electron chi connectivity index (χ4n) is 5.08. The van der Waals surface area contributed by atoms with Gasteiger partial charge in [-0.25, -0.2) is 8.91 Å². The number of hydrogen-bond donors (Lipinski definition) is 1. The third kappa shape index (κ3) is 3.84. The molecule has 0 bridgehead atoms. The summed E-state index contributed by atoms with van der Waals surface area (Å²) in [5.74, 6) is -0.842. The van der Waals surface area contributed by atoms with E-state index in [0.717, 1.165) is 30.4 Å². The quantitative estimate of drug-likeness (QED) is 0.414. The van der Waals surface area contributed by atoms with Gasteiger partial charge < -0.3 is 5.32 Å². The predicted molar refractivity (Wildman–Crippen MR) is 135 cm³/mol. The Balaban J connectivity index is 1.43. The third-order valence-corrected chi connectivity index (χ3v) is 6.80. The first-order valence-corrected chi connectivity index (χ1v) is 12.0. The molecule has 8 heteroatoms. The van der Waals surface area contributed by atoms with E-state index in [2.05, 4.69) is 21.5 Å². The van der Waals surface area contributed by atoms with Gasteiger partial charge >= 0.3 is 0 Å². The summed E-state index contributed by atoms with van der Waals surface area (Å²) in [5, 5.41) is 7.50. The number of halogens is 1. The van der Waals surface area contributed by atoms with Crippen LogP contribution in [-0.4, -0.2) is 25.1 Å². The lowest BCUT2D eigenvalue weighted by atomic mass is 9.88. The molecule has 1 amide bonds. The second kappa shape index (κ2) is 8.71. The number of carbonyl (C=O) groups excluding carboxylic acids is 1. The average Bonchev–Trinajstić information content (AvgIpc) is 3.33. The number of nitrogens with zero attached hydrogens (tertiary/aromatic N) is 4. The summed E-state index contributed by atoms with van der Waals surface area (Å²) in [6.45, 7) is 2.10. The molecule has 0 saturated heterocycles. The van der Waals surface area contributed by atoms with Crippen LogP contribution in [0.4, 0.5) is 4.39 Å². The van der Waals surface area contributed by atoms with Gasteiger partial charge in [-0.2, -0.15) is 4.98 Å². The molecule has 0 radical (unpaired) electrons. The predicted octanol–water partition coefficient (Wildman–Crippen LogP) is 4.35. The topological polar surface area (TPSA) is 81.3 Å². The second-order valence-electron chi connectivity index (χ2n) is 9.30. The molecule has 0 spiro atoms. The lowest BCUT2D eigenvalue weighted by Gasteiger charge is -2.25. The van der Waals surface area contributed by atoms with Gasteiger partial charge in [0, 0.05) is 0 Å². The molecule has 0 fully saturated rings.